The van der Waals surface area contributed by atoms with Gasteiger partial charge in [-0.2, -0.15) is 0 Å². The maximum absolute atomic E-state index is 6.13. The Kier molecular flexibility index (Phi) is 6.19. The molecule has 1 fully saturated rings. The van der Waals surface area contributed by atoms with Crippen LogP contribution in [-0.2, 0) is 21.7 Å². The fraction of sp³-hybridized carbons (Fsp3) is 0.733. The van der Waals surface area contributed by atoms with Crippen LogP contribution in [0, 0.1) is 3.57 Å². The summed E-state index contributed by atoms with van der Waals surface area (Å²) in [4.78, 5) is 9.51. The molecule has 1 aromatic rings. The van der Waals surface area contributed by atoms with Crippen molar-refractivity contribution in [3.05, 3.63) is 15.1 Å². The molecule has 0 saturated heterocycles. The zero-order valence-corrected chi connectivity index (χ0v) is 15.2. The van der Waals surface area contributed by atoms with Gasteiger partial charge in [0.2, 0.25) is 0 Å². The van der Waals surface area contributed by atoms with Gasteiger partial charge in [0.1, 0.15) is 11.4 Å². The average molecular weight is 405 g/mol. The molecular formula is C15H24IN3O2. The van der Waals surface area contributed by atoms with Gasteiger partial charge in [-0.3, -0.25) is 0 Å². The lowest BCUT2D eigenvalue weighted by molar-refractivity contribution is -0.0768. The van der Waals surface area contributed by atoms with E-state index in [1.54, 1.807) is 7.11 Å². The lowest BCUT2D eigenvalue weighted by Crippen LogP contribution is -2.35. The first-order chi connectivity index (χ1) is 10.2. The van der Waals surface area contributed by atoms with Crippen molar-refractivity contribution in [2.24, 2.45) is 0 Å². The van der Waals surface area contributed by atoms with E-state index >= 15 is 0 Å². The van der Waals surface area contributed by atoms with Crippen LogP contribution in [-0.4, -0.2) is 30.7 Å². The van der Waals surface area contributed by atoms with Gasteiger partial charge in [0.25, 0.3) is 0 Å². The molecular weight excluding hydrogens is 381 g/mol. The molecule has 6 heteroatoms. The highest BCUT2D eigenvalue weighted by atomic mass is 127. The summed E-state index contributed by atoms with van der Waals surface area (Å²) in [5.74, 6) is 1.66. The second kappa shape index (κ2) is 7.69. The van der Waals surface area contributed by atoms with Crippen molar-refractivity contribution >= 4 is 28.4 Å². The lowest BCUT2D eigenvalue weighted by atomic mass is 9.83. The molecule has 1 aliphatic rings. The van der Waals surface area contributed by atoms with Gasteiger partial charge in [-0.1, -0.05) is 19.3 Å². The van der Waals surface area contributed by atoms with Crippen molar-refractivity contribution in [1.29, 1.82) is 0 Å². The number of ether oxygens (including phenoxy) is 2. The van der Waals surface area contributed by atoms with Crippen molar-refractivity contribution in [3.8, 4) is 0 Å². The van der Waals surface area contributed by atoms with Gasteiger partial charge < -0.3 is 14.8 Å². The zero-order valence-electron chi connectivity index (χ0n) is 13.0. The Morgan fingerprint density at radius 3 is 2.52 bits per heavy atom. The van der Waals surface area contributed by atoms with E-state index in [1.807, 2.05) is 14.0 Å². The SMILES string of the molecule is CCOC1(c2nc(COC)c(I)c(NC)n2)CCCCC1. The molecule has 5 nitrogen and oxygen atoms in total. The summed E-state index contributed by atoms with van der Waals surface area (Å²) >= 11 is 2.27. The molecule has 0 aromatic carbocycles. The van der Waals surface area contributed by atoms with Crippen LogP contribution in [0.25, 0.3) is 0 Å². The Balaban J connectivity index is 2.46. The minimum atomic E-state index is -0.328. The predicted molar refractivity (Wildman–Crippen MR) is 91.4 cm³/mol. The number of halogens is 1. The summed E-state index contributed by atoms with van der Waals surface area (Å²) in [5.41, 5.74) is 0.600. The van der Waals surface area contributed by atoms with Gasteiger partial charge >= 0.3 is 0 Å². The van der Waals surface area contributed by atoms with E-state index in [4.69, 9.17) is 19.4 Å². The number of nitrogens with zero attached hydrogens (tertiary/aromatic N) is 2. The number of hydrogen-bond donors (Lipinski definition) is 1. The molecule has 0 bridgehead atoms. The fourth-order valence-corrected chi connectivity index (χ4v) is 3.59. The van der Waals surface area contributed by atoms with Gasteiger partial charge in [0, 0.05) is 20.8 Å². The number of hydrogen-bond acceptors (Lipinski definition) is 5. The molecule has 0 amide bonds. The summed E-state index contributed by atoms with van der Waals surface area (Å²) in [7, 11) is 3.58. The van der Waals surface area contributed by atoms with Crippen LogP contribution in [0.4, 0.5) is 5.82 Å². The summed E-state index contributed by atoms with van der Waals surface area (Å²) < 4.78 is 12.4. The van der Waals surface area contributed by atoms with E-state index in [0.29, 0.717) is 13.2 Å². The summed E-state index contributed by atoms with van der Waals surface area (Å²) in [6.45, 7) is 3.21. The van der Waals surface area contributed by atoms with Crippen molar-refractivity contribution in [3.63, 3.8) is 0 Å². The van der Waals surface area contributed by atoms with E-state index in [1.165, 1.54) is 19.3 Å². The Hall–Kier alpha value is -0.470. The van der Waals surface area contributed by atoms with E-state index < -0.39 is 0 Å². The first kappa shape index (κ1) is 16.9. The van der Waals surface area contributed by atoms with Gasteiger partial charge in [-0.15, -0.1) is 0 Å². The second-order valence-corrected chi connectivity index (χ2v) is 6.41. The molecule has 21 heavy (non-hydrogen) atoms. The van der Waals surface area contributed by atoms with Crippen molar-refractivity contribution in [2.75, 3.05) is 26.1 Å². The Morgan fingerprint density at radius 1 is 1.24 bits per heavy atom. The molecule has 1 aliphatic carbocycles. The van der Waals surface area contributed by atoms with Crippen LogP contribution < -0.4 is 5.32 Å². The van der Waals surface area contributed by atoms with Crippen LogP contribution in [0.3, 0.4) is 0 Å². The van der Waals surface area contributed by atoms with Crippen LogP contribution in [0.1, 0.15) is 50.5 Å². The first-order valence-corrected chi connectivity index (χ1v) is 8.62. The molecule has 1 N–H and O–H groups in total. The molecule has 0 unspecified atom stereocenters. The number of rotatable bonds is 6. The van der Waals surface area contributed by atoms with E-state index in [-0.39, 0.29) is 5.60 Å². The number of aromatic nitrogens is 2. The number of methoxy groups -OCH3 is 1. The van der Waals surface area contributed by atoms with E-state index in [9.17, 15) is 0 Å². The maximum Gasteiger partial charge on any atom is 0.163 e. The fourth-order valence-electron chi connectivity index (χ4n) is 2.93. The average Bonchev–Trinajstić information content (AvgIpc) is 2.50. The van der Waals surface area contributed by atoms with Gasteiger partial charge in [0.15, 0.2) is 5.82 Å². The minimum absolute atomic E-state index is 0.328. The topological polar surface area (TPSA) is 56.3 Å². The summed E-state index contributed by atoms with van der Waals surface area (Å²) in [5, 5.41) is 3.16. The third kappa shape index (κ3) is 3.65. The Morgan fingerprint density at radius 2 is 1.95 bits per heavy atom. The van der Waals surface area contributed by atoms with Crippen LogP contribution >= 0.6 is 22.6 Å². The van der Waals surface area contributed by atoms with E-state index in [2.05, 4.69) is 27.9 Å². The highest BCUT2D eigenvalue weighted by Crippen LogP contribution is 2.40. The molecule has 0 atom stereocenters. The number of anilines is 1. The van der Waals surface area contributed by atoms with Crippen LogP contribution in [0.2, 0.25) is 0 Å². The largest absolute Gasteiger partial charge is 0.378 e. The third-order valence-electron chi connectivity index (χ3n) is 3.93. The molecule has 0 radical (unpaired) electrons. The van der Waals surface area contributed by atoms with Crippen LogP contribution in [0.15, 0.2) is 0 Å². The third-order valence-corrected chi connectivity index (χ3v) is 5.06. The monoisotopic (exact) mass is 405 g/mol. The molecule has 2 rings (SSSR count). The molecule has 1 saturated carbocycles. The first-order valence-electron chi connectivity index (χ1n) is 7.54. The van der Waals surface area contributed by atoms with Gasteiger partial charge in [-0.05, 0) is 42.4 Å². The lowest BCUT2D eigenvalue weighted by Gasteiger charge is -2.36. The van der Waals surface area contributed by atoms with Crippen molar-refractivity contribution < 1.29 is 9.47 Å². The molecule has 0 aliphatic heterocycles. The van der Waals surface area contributed by atoms with Gasteiger partial charge in [0.05, 0.1) is 15.9 Å². The molecule has 1 aromatic heterocycles. The Bertz CT molecular complexity index is 471. The zero-order chi connectivity index (χ0) is 15.3. The minimum Gasteiger partial charge on any atom is -0.378 e. The van der Waals surface area contributed by atoms with Crippen molar-refractivity contribution in [2.45, 2.75) is 51.2 Å². The molecule has 118 valence electrons. The summed E-state index contributed by atoms with van der Waals surface area (Å²) in [6, 6.07) is 0. The smallest absolute Gasteiger partial charge is 0.163 e. The normalized spacial score (nSPS) is 17.7. The van der Waals surface area contributed by atoms with E-state index in [0.717, 1.165) is 33.7 Å². The molecule has 0 spiro atoms. The Labute approximate surface area is 140 Å². The summed E-state index contributed by atoms with van der Waals surface area (Å²) in [6.07, 6.45) is 5.60. The van der Waals surface area contributed by atoms with Crippen LogP contribution in [0.5, 0.6) is 0 Å². The second-order valence-electron chi connectivity index (χ2n) is 5.33. The predicted octanol–water partition coefficient (Wildman–Crippen LogP) is 3.47. The molecule has 1 heterocycles. The highest BCUT2D eigenvalue weighted by molar-refractivity contribution is 14.1. The highest BCUT2D eigenvalue weighted by Gasteiger charge is 2.38. The quantitative estimate of drug-likeness (QED) is 0.735. The van der Waals surface area contributed by atoms with Gasteiger partial charge in [-0.25, -0.2) is 9.97 Å². The number of nitrogens with one attached hydrogen (secondary N) is 1. The van der Waals surface area contributed by atoms with Crippen molar-refractivity contribution in [1.82, 2.24) is 9.97 Å². The standard InChI is InChI=1S/C15H24IN3O2/c1-4-21-15(8-6-5-7-9-15)14-18-11(10-20-3)12(16)13(17-2)19-14/h4-10H2,1-3H3,(H,17,18,19). The maximum atomic E-state index is 6.13.